The first kappa shape index (κ1) is 13.9. The maximum absolute atomic E-state index is 12.9. The molecule has 1 unspecified atom stereocenters. The summed E-state index contributed by atoms with van der Waals surface area (Å²) in [5.41, 5.74) is 0.300. The second-order valence-corrected chi connectivity index (χ2v) is 3.82. The lowest BCUT2D eigenvalue weighted by Crippen LogP contribution is -2.31. The number of rotatable bonds is 4. The van der Waals surface area contributed by atoms with Crippen molar-refractivity contribution in [2.75, 3.05) is 11.9 Å². The van der Waals surface area contributed by atoms with E-state index in [2.05, 4.69) is 10.6 Å². The summed E-state index contributed by atoms with van der Waals surface area (Å²) >= 11 is 0. The summed E-state index contributed by atoms with van der Waals surface area (Å²) < 4.78 is 12.9. The van der Waals surface area contributed by atoms with Crippen LogP contribution >= 0.6 is 0 Å². The number of hydrogen-bond acceptors (Lipinski definition) is 3. The average Bonchev–Trinajstić information content (AvgIpc) is 2.31. The van der Waals surface area contributed by atoms with Crippen LogP contribution in [0.4, 0.5) is 14.9 Å². The van der Waals surface area contributed by atoms with Gasteiger partial charge in [0.15, 0.2) is 0 Å². The smallest absolute Gasteiger partial charge is 0.319 e. The van der Waals surface area contributed by atoms with E-state index in [-0.39, 0.29) is 11.3 Å². The van der Waals surface area contributed by atoms with Gasteiger partial charge in [0, 0.05) is 6.54 Å². The van der Waals surface area contributed by atoms with Crippen LogP contribution in [-0.2, 0) is 0 Å². The maximum atomic E-state index is 12.9. The highest BCUT2D eigenvalue weighted by Gasteiger charge is 2.07. The molecule has 3 N–H and O–H groups in total. The molecule has 5 nitrogen and oxygen atoms in total. The first-order valence-electron chi connectivity index (χ1n) is 5.45. The number of urea groups is 1. The highest BCUT2D eigenvalue weighted by molar-refractivity contribution is 5.90. The molecule has 0 aliphatic carbocycles. The molecule has 0 bridgehead atoms. The number of aliphatic hydroxyl groups excluding tert-OH is 1. The number of amides is 2. The number of carbonyl (C=O) groups excluding carboxylic acids is 1. The highest BCUT2D eigenvalue weighted by Crippen LogP contribution is 2.15. The summed E-state index contributed by atoms with van der Waals surface area (Å²) in [5, 5.41) is 22.8. The lowest BCUT2D eigenvalue weighted by atomic mass is 10.2. The minimum Gasteiger partial charge on any atom is -0.393 e. The van der Waals surface area contributed by atoms with Gasteiger partial charge in [-0.2, -0.15) is 5.26 Å². The fourth-order valence-electron chi connectivity index (χ4n) is 1.28. The van der Waals surface area contributed by atoms with E-state index in [1.807, 2.05) is 0 Å². The standard InChI is InChI=1S/C12H14FN3O2/c1-8(17)4-5-15-12(18)16-11-3-2-10(13)6-9(11)7-14/h2-3,6,8,17H,4-5H2,1H3,(H2,15,16,18). The van der Waals surface area contributed by atoms with Crippen molar-refractivity contribution in [3.05, 3.63) is 29.6 Å². The molecule has 0 saturated carbocycles. The summed E-state index contributed by atoms with van der Waals surface area (Å²) in [4.78, 5) is 11.4. The van der Waals surface area contributed by atoms with Gasteiger partial charge in [0.2, 0.25) is 0 Å². The Bertz CT molecular complexity index is 469. The molecule has 1 aromatic rings. The van der Waals surface area contributed by atoms with E-state index in [1.54, 1.807) is 13.0 Å². The summed E-state index contributed by atoms with van der Waals surface area (Å²) in [7, 11) is 0. The Morgan fingerprint density at radius 2 is 2.33 bits per heavy atom. The van der Waals surface area contributed by atoms with E-state index in [1.165, 1.54) is 6.07 Å². The molecule has 1 rings (SSSR count). The quantitative estimate of drug-likeness (QED) is 0.759. The van der Waals surface area contributed by atoms with E-state index in [4.69, 9.17) is 10.4 Å². The van der Waals surface area contributed by atoms with Gasteiger partial charge in [-0.05, 0) is 31.5 Å². The first-order valence-corrected chi connectivity index (χ1v) is 5.45. The number of nitrogens with zero attached hydrogens (tertiary/aromatic N) is 1. The molecule has 0 aliphatic rings. The Kier molecular flexibility index (Phi) is 5.08. The number of aliphatic hydroxyl groups is 1. The van der Waals surface area contributed by atoms with Gasteiger partial charge in [-0.15, -0.1) is 0 Å². The van der Waals surface area contributed by atoms with E-state index in [9.17, 15) is 9.18 Å². The third kappa shape index (κ3) is 4.39. The van der Waals surface area contributed by atoms with Gasteiger partial charge in [-0.1, -0.05) is 0 Å². The molecule has 6 heteroatoms. The van der Waals surface area contributed by atoms with Crippen molar-refractivity contribution >= 4 is 11.7 Å². The Morgan fingerprint density at radius 1 is 1.61 bits per heavy atom. The number of nitriles is 1. The summed E-state index contributed by atoms with van der Waals surface area (Å²) in [6.45, 7) is 1.93. The number of nitrogens with one attached hydrogen (secondary N) is 2. The molecule has 0 heterocycles. The molecule has 0 aliphatic heterocycles. The van der Waals surface area contributed by atoms with Crippen LogP contribution in [0.5, 0.6) is 0 Å². The van der Waals surface area contributed by atoms with Gasteiger partial charge in [0.05, 0.1) is 17.4 Å². The molecule has 0 aromatic heterocycles. The van der Waals surface area contributed by atoms with Crippen LogP contribution in [0.3, 0.4) is 0 Å². The molecule has 18 heavy (non-hydrogen) atoms. The molecule has 96 valence electrons. The molecule has 1 atom stereocenters. The lowest BCUT2D eigenvalue weighted by Gasteiger charge is -2.09. The normalized spacial score (nSPS) is 11.4. The minimum absolute atomic E-state index is 0.0562. The van der Waals surface area contributed by atoms with Gasteiger partial charge in [-0.25, -0.2) is 9.18 Å². The molecule has 0 radical (unpaired) electrons. The molecular formula is C12H14FN3O2. The SMILES string of the molecule is CC(O)CCNC(=O)Nc1ccc(F)cc1C#N. The predicted molar refractivity (Wildman–Crippen MR) is 64.4 cm³/mol. The molecular weight excluding hydrogens is 237 g/mol. The maximum Gasteiger partial charge on any atom is 0.319 e. The van der Waals surface area contributed by atoms with Crippen LogP contribution < -0.4 is 10.6 Å². The van der Waals surface area contributed by atoms with Crippen molar-refractivity contribution in [1.29, 1.82) is 5.26 Å². The van der Waals surface area contributed by atoms with Crippen LogP contribution in [0.25, 0.3) is 0 Å². The van der Waals surface area contributed by atoms with E-state index in [0.717, 1.165) is 12.1 Å². The van der Waals surface area contributed by atoms with Crippen molar-refractivity contribution in [3.8, 4) is 6.07 Å². The molecule has 2 amide bonds. The third-order valence-electron chi connectivity index (χ3n) is 2.20. The highest BCUT2D eigenvalue weighted by atomic mass is 19.1. The number of halogens is 1. The Labute approximate surface area is 104 Å². The van der Waals surface area contributed by atoms with Crippen molar-refractivity contribution in [3.63, 3.8) is 0 Å². The van der Waals surface area contributed by atoms with E-state index in [0.29, 0.717) is 13.0 Å². The Morgan fingerprint density at radius 3 is 2.94 bits per heavy atom. The monoisotopic (exact) mass is 251 g/mol. The fourth-order valence-corrected chi connectivity index (χ4v) is 1.28. The largest absolute Gasteiger partial charge is 0.393 e. The van der Waals surface area contributed by atoms with Crippen LogP contribution in [0.1, 0.15) is 18.9 Å². The number of hydrogen-bond donors (Lipinski definition) is 3. The van der Waals surface area contributed by atoms with Gasteiger partial charge in [0.1, 0.15) is 11.9 Å². The van der Waals surface area contributed by atoms with E-state index < -0.39 is 18.0 Å². The zero-order valence-electron chi connectivity index (χ0n) is 9.90. The van der Waals surface area contributed by atoms with Crippen molar-refractivity contribution in [2.45, 2.75) is 19.4 Å². The van der Waals surface area contributed by atoms with Crippen LogP contribution in [0.15, 0.2) is 18.2 Å². The Hall–Kier alpha value is -2.13. The first-order chi connectivity index (χ1) is 8.52. The lowest BCUT2D eigenvalue weighted by molar-refractivity contribution is 0.184. The predicted octanol–water partition coefficient (Wildman–Crippen LogP) is 1.59. The number of anilines is 1. The summed E-state index contributed by atoms with van der Waals surface area (Å²) in [5.74, 6) is -0.536. The second kappa shape index (κ2) is 6.57. The average molecular weight is 251 g/mol. The van der Waals surface area contributed by atoms with Gasteiger partial charge in [-0.3, -0.25) is 0 Å². The summed E-state index contributed by atoms with van der Waals surface area (Å²) in [6.07, 6.45) is -0.0622. The van der Waals surface area contributed by atoms with Crippen LogP contribution in [0, 0.1) is 17.1 Å². The number of benzene rings is 1. The van der Waals surface area contributed by atoms with Crippen molar-refractivity contribution in [2.24, 2.45) is 0 Å². The van der Waals surface area contributed by atoms with E-state index >= 15 is 0 Å². The Balaban J connectivity index is 2.57. The third-order valence-corrected chi connectivity index (χ3v) is 2.20. The molecule has 0 fully saturated rings. The van der Waals surface area contributed by atoms with Gasteiger partial charge in [0.25, 0.3) is 0 Å². The molecule has 1 aromatic carbocycles. The van der Waals surface area contributed by atoms with Crippen LogP contribution in [0.2, 0.25) is 0 Å². The summed E-state index contributed by atoms with van der Waals surface area (Å²) in [6, 6.07) is 4.82. The second-order valence-electron chi connectivity index (χ2n) is 3.82. The van der Waals surface area contributed by atoms with Gasteiger partial charge >= 0.3 is 6.03 Å². The van der Waals surface area contributed by atoms with Crippen molar-refractivity contribution < 1.29 is 14.3 Å². The minimum atomic E-state index is -0.536. The van der Waals surface area contributed by atoms with Crippen molar-refractivity contribution in [1.82, 2.24) is 5.32 Å². The molecule has 0 saturated heterocycles. The van der Waals surface area contributed by atoms with Crippen LogP contribution in [-0.4, -0.2) is 23.8 Å². The fraction of sp³-hybridized carbons (Fsp3) is 0.333. The zero-order valence-corrected chi connectivity index (χ0v) is 9.90. The zero-order chi connectivity index (χ0) is 13.5. The topological polar surface area (TPSA) is 85.2 Å². The van der Waals surface area contributed by atoms with Gasteiger partial charge < -0.3 is 15.7 Å². The molecule has 0 spiro atoms. The number of carbonyl (C=O) groups is 1.